The third-order valence-corrected chi connectivity index (χ3v) is 4.57. The van der Waals surface area contributed by atoms with E-state index in [1.807, 2.05) is 31.2 Å². The fourth-order valence-corrected chi connectivity index (χ4v) is 3.08. The van der Waals surface area contributed by atoms with Crippen molar-refractivity contribution in [1.29, 1.82) is 0 Å². The summed E-state index contributed by atoms with van der Waals surface area (Å²) in [5.74, 6) is 0.976. The molecule has 4 nitrogen and oxygen atoms in total. The van der Waals surface area contributed by atoms with Gasteiger partial charge < -0.3 is 19.1 Å². The van der Waals surface area contributed by atoms with E-state index >= 15 is 0 Å². The van der Waals surface area contributed by atoms with E-state index in [1.165, 1.54) is 12.1 Å². The molecule has 2 aromatic carbocycles. The number of benzene rings is 2. The summed E-state index contributed by atoms with van der Waals surface area (Å²) in [5.41, 5.74) is 1.68. The van der Waals surface area contributed by atoms with Crippen LogP contribution in [0.15, 0.2) is 42.5 Å². The Morgan fingerprint density at radius 1 is 1.12 bits per heavy atom. The quantitative estimate of drug-likeness (QED) is 0.717. The fourth-order valence-electron chi connectivity index (χ4n) is 2.77. The van der Waals surface area contributed by atoms with E-state index in [4.69, 9.17) is 26.4 Å². The molecule has 1 saturated heterocycles. The first-order chi connectivity index (χ1) is 12.7. The minimum Gasteiger partial charge on any atom is -0.490 e. The smallest absolute Gasteiger partial charge is 0.161 e. The van der Waals surface area contributed by atoms with Crippen LogP contribution in [0.5, 0.6) is 11.5 Å². The van der Waals surface area contributed by atoms with E-state index in [2.05, 4.69) is 4.90 Å². The van der Waals surface area contributed by atoms with Crippen LogP contribution in [-0.2, 0) is 11.3 Å². The summed E-state index contributed by atoms with van der Waals surface area (Å²) in [4.78, 5) is 2.92. The van der Waals surface area contributed by atoms with Crippen LogP contribution in [0, 0.1) is 5.82 Å². The maximum Gasteiger partial charge on any atom is 0.161 e. The van der Waals surface area contributed by atoms with E-state index in [1.54, 1.807) is 6.07 Å². The molecule has 0 aromatic heterocycles. The van der Waals surface area contributed by atoms with Crippen LogP contribution < -0.4 is 9.47 Å². The topological polar surface area (TPSA) is 30.9 Å². The van der Waals surface area contributed by atoms with Gasteiger partial charge in [-0.1, -0.05) is 24.4 Å². The lowest BCUT2D eigenvalue weighted by Gasteiger charge is -2.29. The highest BCUT2D eigenvalue weighted by Crippen LogP contribution is 2.30. The molecule has 0 radical (unpaired) electrons. The molecule has 1 fully saturated rings. The van der Waals surface area contributed by atoms with E-state index < -0.39 is 0 Å². The Hall–Kier alpha value is -2.18. The van der Waals surface area contributed by atoms with E-state index in [-0.39, 0.29) is 12.4 Å². The maximum absolute atomic E-state index is 13.3. The van der Waals surface area contributed by atoms with Gasteiger partial charge in [0.15, 0.2) is 11.5 Å². The predicted molar refractivity (Wildman–Crippen MR) is 102 cm³/mol. The number of thiocarbonyl (C=S) groups is 1. The molecule has 1 aliphatic rings. The van der Waals surface area contributed by atoms with E-state index in [9.17, 15) is 4.39 Å². The highest BCUT2D eigenvalue weighted by molar-refractivity contribution is 7.80. The third-order valence-electron chi connectivity index (χ3n) is 4.07. The summed E-state index contributed by atoms with van der Waals surface area (Å²) in [7, 11) is 0. The molecular formula is C20H22FNO3S. The number of halogens is 1. The lowest BCUT2D eigenvalue weighted by atomic mass is 10.1. The third kappa shape index (κ3) is 4.71. The summed E-state index contributed by atoms with van der Waals surface area (Å²) >= 11 is 5.62. The first kappa shape index (κ1) is 18.6. The van der Waals surface area contributed by atoms with Gasteiger partial charge in [0.05, 0.1) is 19.8 Å². The standard InChI is InChI=1S/C20H22FNO3S/c1-2-24-19-13-16(20(26)22-8-10-23-11-9-22)6-7-18(19)25-14-15-4-3-5-17(21)12-15/h3-7,12-13H,2,8-11,14H2,1H3. The summed E-state index contributed by atoms with van der Waals surface area (Å²) in [6, 6.07) is 12.1. The average molecular weight is 375 g/mol. The van der Waals surface area contributed by atoms with Crippen molar-refractivity contribution in [3.63, 3.8) is 0 Å². The lowest BCUT2D eigenvalue weighted by molar-refractivity contribution is 0.0693. The van der Waals surface area contributed by atoms with Crippen molar-refractivity contribution in [1.82, 2.24) is 4.90 Å². The van der Waals surface area contributed by atoms with Gasteiger partial charge in [-0.15, -0.1) is 0 Å². The SMILES string of the molecule is CCOc1cc(C(=S)N2CCOCC2)ccc1OCc1cccc(F)c1. The van der Waals surface area contributed by atoms with Crippen molar-refractivity contribution in [2.75, 3.05) is 32.9 Å². The molecule has 0 unspecified atom stereocenters. The molecule has 0 spiro atoms. The molecule has 0 bridgehead atoms. The van der Waals surface area contributed by atoms with Crippen LogP contribution in [0.25, 0.3) is 0 Å². The molecule has 6 heteroatoms. The number of hydrogen-bond donors (Lipinski definition) is 0. The van der Waals surface area contributed by atoms with Crippen molar-refractivity contribution < 1.29 is 18.6 Å². The maximum atomic E-state index is 13.3. The van der Waals surface area contributed by atoms with Gasteiger partial charge in [0.25, 0.3) is 0 Å². The Labute approximate surface area is 158 Å². The van der Waals surface area contributed by atoms with Gasteiger partial charge in [-0.25, -0.2) is 4.39 Å². The van der Waals surface area contributed by atoms with Crippen molar-refractivity contribution in [3.8, 4) is 11.5 Å². The zero-order chi connectivity index (χ0) is 18.4. The number of rotatable bonds is 6. The van der Waals surface area contributed by atoms with Gasteiger partial charge in [-0.05, 0) is 42.8 Å². The van der Waals surface area contributed by atoms with Crippen LogP contribution in [-0.4, -0.2) is 42.8 Å². The second-order valence-electron chi connectivity index (χ2n) is 5.92. The highest BCUT2D eigenvalue weighted by Gasteiger charge is 2.17. The summed E-state index contributed by atoms with van der Waals surface area (Å²) in [5, 5.41) is 0. The highest BCUT2D eigenvalue weighted by atomic mass is 32.1. The van der Waals surface area contributed by atoms with Gasteiger partial charge in [-0.3, -0.25) is 0 Å². The molecule has 1 heterocycles. The fraction of sp³-hybridized carbons (Fsp3) is 0.350. The molecule has 0 saturated carbocycles. The monoisotopic (exact) mass is 375 g/mol. The Bertz CT molecular complexity index is 762. The summed E-state index contributed by atoms with van der Waals surface area (Å²) in [6.07, 6.45) is 0. The van der Waals surface area contributed by atoms with Gasteiger partial charge >= 0.3 is 0 Å². The van der Waals surface area contributed by atoms with Gasteiger partial charge in [-0.2, -0.15) is 0 Å². The minimum absolute atomic E-state index is 0.269. The average Bonchev–Trinajstić information content (AvgIpc) is 2.67. The number of nitrogens with zero attached hydrogens (tertiary/aromatic N) is 1. The Morgan fingerprint density at radius 2 is 1.92 bits per heavy atom. The predicted octanol–water partition coefficient (Wildman–Crippen LogP) is 3.81. The first-order valence-electron chi connectivity index (χ1n) is 8.68. The van der Waals surface area contributed by atoms with E-state index in [0.29, 0.717) is 31.3 Å². The largest absolute Gasteiger partial charge is 0.490 e. The molecule has 1 aliphatic heterocycles. The van der Waals surface area contributed by atoms with Crippen LogP contribution in [0.1, 0.15) is 18.1 Å². The normalized spacial score (nSPS) is 14.2. The molecular weight excluding hydrogens is 353 g/mol. The summed E-state index contributed by atoms with van der Waals surface area (Å²) < 4.78 is 30.2. The molecule has 138 valence electrons. The van der Waals surface area contributed by atoms with Crippen molar-refractivity contribution >= 4 is 17.2 Å². The lowest BCUT2D eigenvalue weighted by Crippen LogP contribution is -2.40. The Balaban J connectivity index is 1.74. The number of ether oxygens (including phenoxy) is 3. The van der Waals surface area contributed by atoms with Gasteiger partial charge in [0.1, 0.15) is 17.4 Å². The van der Waals surface area contributed by atoms with Crippen LogP contribution in [0.3, 0.4) is 0 Å². The van der Waals surface area contributed by atoms with Gasteiger partial charge in [0, 0.05) is 18.7 Å². The number of hydrogen-bond acceptors (Lipinski definition) is 4. The van der Waals surface area contributed by atoms with Crippen molar-refractivity contribution in [3.05, 3.63) is 59.4 Å². The van der Waals surface area contributed by atoms with Crippen LogP contribution in [0.2, 0.25) is 0 Å². The molecule has 2 aromatic rings. The second-order valence-corrected chi connectivity index (χ2v) is 6.30. The molecule has 0 N–H and O–H groups in total. The number of morpholine rings is 1. The molecule has 0 amide bonds. The molecule has 0 atom stereocenters. The molecule has 0 aliphatic carbocycles. The van der Waals surface area contributed by atoms with Crippen LogP contribution >= 0.6 is 12.2 Å². The summed E-state index contributed by atoms with van der Waals surface area (Å²) in [6.45, 7) is 5.67. The minimum atomic E-state index is -0.276. The van der Waals surface area contributed by atoms with Crippen molar-refractivity contribution in [2.45, 2.75) is 13.5 Å². The van der Waals surface area contributed by atoms with E-state index in [0.717, 1.165) is 29.2 Å². The zero-order valence-corrected chi connectivity index (χ0v) is 15.6. The van der Waals surface area contributed by atoms with Gasteiger partial charge in [0.2, 0.25) is 0 Å². The zero-order valence-electron chi connectivity index (χ0n) is 14.7. The van der Waals surface area contributed by atoms with Crippen LogP contribution in [0.4, 0.5) is 4.39 Å². The second kappa shape index (κ2) is 8.96. The Morgan fingerprint density at radius 3 is 2.65 bits per heavy atom. The molecule has 26 heavy (non-hydrogen) atoms. The molecule has 3 rings (SSSR count). The Kier molecular flexibility index (Phi) is 6.41. The van der Waals surface area contributed by atoms with Crippen molar-refractivity contribution in [2.24, 2.45) is 0 Å². The first-order valence-corrected chi connectivity index (χ1v) is 9.09.